The molecule has 1 unspecified atom stereocenters. The number of aryl methyl sites for hydroxylation is 2. The lowest BCUT2D eigenvalue weighted by Crippen LogP contribution is -2.31. The molecule has 1 aromatic heterocycles. The molecule has 0 spiro atoms. The van der Waals surface area contributed by atoms with Crippen LogP contribution in [0.2, 0.25) is 0 Å². The number of rotatable bonds is 5. The first-order valence-electron chi connectivity index (χ1n) is 9.96. The summed E-state index contributed by atoms with van der Waals surface area (Å²) >= 11 is 1.24. The van der Waals surface area contributed by atoms with Crippen molar-refractivity contribution in [3.05, 3.63) is 87.1 Å². The first-order chi connectivity index (χ1) is 15.3. The monoisotopic (exact) mass is 447 g/mol. The maximum atomic E-state index is 13.5. The molecule has 8 heteroatoms. The van der Waals surface area contributed by atoms with E-state index in [0.29, 0.717) is 27.5 Å². The van der Waals surface area contributed by atoms with Crippen molar-refractivity contribution in [2.24, 2.45) is 0 Å². The minimum absolute atomic E-state index is 0.0267. The molecule has 1 aliphatic heterocycles. The van der Waals surface area contributed by atoms with E-state index in [-0.39, 0.29) is 11.5 Å². The predicted octanol–water partition coefficient (Wildman–Crippen LogP) is 4.50. The third kappa shape index (κ3) is 3.80. The molecule has 162 valence electrons. The minimum atomic E-state index is -0.801. The highest BCUT2D eigenvalue weighted by Crippen LogP contribution is 2.42. The van der Waals surface area contributed by atoms with Crippen LogP contribution in [-0.2, 0) is 9.59 Å². The molecule has 2 N–H and O–H groups in total. The van der Waals surface area contributed by atoms with Crippen LogP contribution in [0.5, 0.6) is 0 Å². The topological polar surface area (TPSA) is 99.6 Å². The Kier molecular flexibility index (Phi) is 5.63. The number of aliphatic hydroxyl groups excluding tert-OH is 1. The van der Waals surface area contributed by atoms with Gasteiger partial charge in [0.2, 0.25) is 11.7 Å². The van der Waals surface area contributed by atoms with Crippen molar-refractivity contribution in [1.29, 1.82) is 0 Å². The summed E-state index contributed by atoms with van der Waals surface area (Å²) in [6.07, 6.45) is 0. The summed E-state index contributed by atoms with van der Waals surface area (Å²) in [6.45, 7) is 4.95. The van der Waals surface area contributed by atoms with Crippen LogP contribution in [0.15, 0.2) is 65.9 Å². The molecule has 1 atom stereocenters. The van der Waals surface area contributed by atoms with Crippen LogP contribution in [-0.4, -0.2) is 27.7 Å². The molecule has 0 saturated heterocycles. The van der Waals surface area contributed by atoms with Gasteiger partial charge in [0.15, 0.2) is 5.76 Å². The average Bonchev–Trinajstić information content (AvgIpc) is 3.24. The van der Waals surface area contributed by atoms with Crippen molar-refractivity contribution in [3.8, 4) is 0 Å². The fourth-order valence-electron chi connectivity index (χ4n) is 3.83. The summed E-state index contributed by atoms with van der Waals surface area (Å²) in [6, 6.07) is 15.0. The van der Waals surface area contributed by atoms with Crippen LogP contribution in [0.3, 0.4) is 0 Å². The van der Waals surface area contributed by atoms with Crippen LogP contribution in [0.4, 0.5) is 11.4 Å². The lowest BCUT2D eigenvalue weighted by Gasteiger charge is -2.27. The number of carbonyl (C=O) groups excluding carboxylic acids is 3. The van der Waals surface area contributed by atoms with Crippen LogP contribution in [0, 0.1) is 13.8 Å². The molecule has 0 saturated carbocycles. The van der Waals surface area contributed by atoms with E-state index < -0.39 is 23.5 Å². The number of aromatic nitrogens is 1. The first kappa shape index (κ1) is 21.5. The number of nitrogens with one attached hydrogen (secondary N) is 1. The number of Topliss-reactive ketones (excluding diaryl/α,β-unsaturated/α-hetero) is 1. The smallest absolute Gasteiger partial charge is 0.294 e. The molecule has 32 heavy (non-hydrogen) atoms. The number of carbonyl (C=O) groups is 3. The van der Waals surface area contributed by atoms with Gasteiger partial charge in [0.25, 0.3) is 5.91 Å². The van der Waals surface area contributed by atoms with Gasteiger partial charge in [-0.05, 0) is 43.7 Å². The summed E-state index contributed by atoms with van der Waals surface area (Å²) in [5.41, 5.74) is 2.35. The second-order valence-electron chi connectivity index (χ2n) is 7.46. The van der Waals surface area contributed by atoms with Crippen molar-refractivity contribution in [3.63, 3.8) is 0 Å². The highest BCUT2D eigenvalue weighted by atomic mass is 32.1. The van der Waals surface area contributed by atoms with Crippen molar-refractivity contribution in [1.82, 2.24) is 4.98 Å². The molecule has 0 bridgehead atoms. The van der Waals surface area contributed by atoms with E-state index in [9.17, 15) is 19.5 Å². The number of aliphatic hydroxyl groups is 1. The Morgan fingerprint density at radius 2 is 1.72 bits per heavy atom. The number of anilines is 2. The third-order valence-electron chi connectivity index (χ3n) is 5.14. The maximum Gasteiger partial charge on any atom is 0.294 e. The minimum Gasteiger partial charge on any atom is -0.503 e. The van der Waals surface area contributed by atoms with E-state index in [4.69, 9.17) is 0 Å². The average molecular weight is 448 g/mol. The number of hydrogen-bond donors (Lipinski definition) is 2. The number of amides is 2. The fourth-order valence-corrected chi connectivity index (χ4v) is 4.70. The maximum absolute atomic E-state index is 13.5. The van der Waals surface area contributed by atoms with Gasteiger partial charge in [-0.25, -0.2) is 4.98 Å². The molecule has 0 fully saturated rings. The Morgan fingerprint density at radius 3 is 2.28 bits per heavy atom. The van der Waals surface area contributed by atoms with Crippen molar-refractivity contribution >= 4 is 40.3 Å². The van der Waals surface area contributed by atoms with Gasteiger partial charge in [-0.15, -0.1) is 11.3 Å². The molecule has 1 aliphatic rings. The molecular formula is C24H21N3O4S. The van der Waals surface area contributed by atoms with E-state index in [1.165, 1.54) is 23.2 Å². The van der Waals surface area contributed by atoms with Crippen molar-refractivity contribution in [2.75, 3.05) is 10.2 Å². The summed E-state index contributed by atoms with van der Waals surface area (Å²) in [4.78, 5) is 44.1. The molecule has 2 amide bonds. The van der Waals surface area contributed by atoms with Crippen LogP contribution < -0.4 is 10.2 Å². The van der Waals surface area contributed by atoms with Gasteiger partial charge in [0, 0.05) is 18.3 Å². The van der Waals surface area contributed by atoms with Crippen molar-refractivity contribution in [2.45, 2.75) is 26.8 Å². The normalized spacial score (nSPS) is 15.9. The molecule has 4 rings (SSSR count). The van der Waals surface area contributed by atoms with Gasteiger partial charge in [0.05, 0.1) is 27.2 Å². The molecule has 0 radical (unpaired) electrons. The second kappa shape index (κ2) is 8.39. The highest BCUT2D eigenvalue weighted by molar-refractivity contribution is 7.14. The summed E-state index contributed by atoms with van der Waals surface area (Å²) in [7, 11) is 0. The Bertz CT molecular complexity index is 1250. The van der Waals surface area contributed by atoms with Gasteiger partial charge in [-0.2, -0.15) is 0 Å². The van der Waals surface area contributed by atoms with E-state index in [2.05, 4.69) is 10.3 Å². The van der Waals surface area contributed by atoms with Gasteiger partial charge >= 0.3 is 0 Å². The molecular weight excluding hydrogens is 426 g/mol. The fraction of sp³-hybridized carbons (Fsp3) is 0.167. The summed E-state index contributed by atoms with van der Waals surface area (Å²) < 4.78 is 0. The SMILES string of the molecule is CC(=O)Nc1ccc(N2C(=O)C(O)=C(C(=O)c3sc(C)nc3C)C2c2ccccc2)cc1. The van der Waals surface area contributed by atoms with Gasteiger partial charge in [0.1, 0.15) is 0 Å². The van der Waals surface area contributed by atoms with Crippen molar-refractivity contribution < 1.29 is 19.5 Å². The van der Waals surface area contributed by atoms with E-state index in [1.54, 1.807) is 38.1 Å². The zero-order chi connectivity index (χ0) is 23.0. The number of ketones is 1. The Balaban J connectivity index is 1.81. The Labute approximate surface area is 189 Å². The molecule has 2 aromatic carbocycles. The summed E-state index contributed by atoms with van der Waals surface area (Å²) in [5.74, 6) is -1.85. The molecule has 3 aromatic rings. The number of hydrogen-bond acceptors (Lipinski definition) is 6. The third-order valence-corrected chi connectivity index (χ3v) is 6.22. The molecule has 7 nitrogen and oxygen atoms in total. The zero-order valence-electron chi connectivity index (χ0n) is 17.7. The van der Waals surface area contributed by atoms with Crippen LogP contribution in [0.1, 0.15) is 38.9 Å². The Morgan fingerprint density at radius 1 is 1.06 bits per heavy atom. The summed E-state index contributed by atoms with van der Waals surface area (Å²) in [5, 5.41) is 14.2. The largest absolute Gasteiger partial charge is 0.503 e. The zero-order valence-corrected chi connectivity index (χ0v) is 18.6. The van der Waals surface area contributed by atoms with Crippen LogP contribution >= 0.6 is 11.3 Å². The number of nitrogens with zero attached hydrogens (tertiary/aromatic N) is 2. The van der Waals surface area contributed by atoms with Gasteiger partial charge in [-0.1, -0.05) is 30.3 Å². The molecule has 0 aliphatic carbocycles. The Hall–Kier alpha value is -3.78. The van der Waals surface area contributed by atoms with Crippen LogP contribution in [0.25, 0.3) is 0 Å². The standard InChI is InChI=1S/C24H21N3O4S/c1-13-23(32-15(3)25-13)21(29)19-20(16-7-5-4-6-8-16)27(24(31)22(19)30)18-11-9-17(10-12-18)26-14(2)28/h4-12,20,30H,1-3H3,(H,26,28). The predicted molar refractivity (Wildman–Crippen MR) is 123 cm³/mol. The second-order valence-corrected chi connectivity index (χ2v) is 8.66. The van der Waals surface area contributed by atoms with E-state index in [0.717, 1.165) is 5.01 Å². The van der Waals surface area contributed by atoms with Gasteiger partial charge < -0.3 is 10.4 Å². The lowest BCUT2D eigenvalue weighted by atomic mass is 9.95. The first-order valence-corrected chi connectivity index (χ1v) is 10.8. The van der Waals surface area contributed by atoms with E-state index >= 15 is 0 Å². The van der Waals surface area contributed by atoms with Gasteiger partial charge in [-0.3, -0.25) is 19.3 Å². The quantitative estimate of drug-likeness (QED) is 0.561. The van der Waals surface area contributed by atoms with E-state index in [1.807, 2.05) is 30.3 Å². The lowest BCUT2D eigenvalue weighted by molar-refractivity contribution is -0.117. The number of thiazole rings is 1. The highest BCUT2D eigenvalue weighted by Gasteiger charge is 2.45. The number of benzene rings is 2. The molecule has 2 heterocycles.